The van der Waals surface area contributed by atoms with Gasteiger partial charge in [0.1, 0.15) is 29.9 Å². The highest BCUT2D eigenvalue weighted by Gasteiger charge is 2.31. The van der Waals surface area contributed by atoms with Gasteiger partial charge in [-0.15, -0.1) is 0 Å². The Morgan fingerprint density at radius 1 is 0.786 bits per heavy atom. The van der Waals surface area contributed by atoms with Gasteiger partial charge in [0.05, 0.1) is 6.10 Å². The van der Waals surface area contributed by atoms with Crippen molar-refractivity contribution in [3.05, 3.63) is 29.8 Å². The van der Waals surface area contributed by atoms with Gasteiger partial charge in [0.25, 0.3) is 0 Å². The number of hydrogen-bond donors (Lipinski definition) is 11. The third-order valence-corrected chi connectivity index (χ3v) is 5.97. The highest BCUT2D eigenvalue weighted by molar-refractivity contribution is 5.94. The monoisotopic (exact) mass is 594 g/mol. The summed E-state index contributed by atoms with van der Waals surface area (Å²) in [5.74, 6) is -4.03. The SMILES string of the molecule is CC(O)C(N)C(=O)NC(CCCN=C(N)N)C(=O)NC(CCCN=C(N)N)C(=O)NC(Cc1ccc(O)cc1)C(=O)O. The van der Waals surface area contributed by atoms with Gasteiger partial charge in [0, 0.05) is 19.5 Å². The van der Waals surface area contributed by atoms with Crippen LogP contribution in [0, 0.1) is 0 Å². The highest BCUT2D eigenvalue weighted by atomic mass is 16.4. The van der Waals surface area contributed by atoms with E-state index in [1.165, 1.54) is 31.2 Å². The predicted molar refractivity (Wildman–Crippen MR) is 155 cm³/mol. The summed E-state index contributed by atoms with van der Waals surface area (Å²) in [6, 6.07) is 0.666. The van der Waals surface area contributed by atoms with E-state index >= 15 is 0 Å². The number of aromatic hydroxyl groups is 1. The second-order valence-electron chi connectivity index (χ2n) is 9.56. The number of amides is 3. The molecule has 17 heteroatoms. The molecule has 0 aliphatic carbocycles. The maximum atomic E-state index is 13.3. The van der Waals surface area contributed by atoms with Crippen LogP contribution in [0.15, 0.2) is 34.3 Å². The quantitative estimate of drug-likeness (QED) is 0.0444. The lowest BCUT2D eigenvalue weighted by atomic mass is 10.0. The Hall–Kier alpha value is -4.64. The van der Waals surface area contributed by atoms with Crippen LogP contribution in [-0.2, 0) is 25.6 Å². The number of carbonyl (C=O) groups is 4. The van der Waals surface area contributed by atoms with Gasteiger partial charge >= 0.3 is 5.97 Å². The second-order valence-corrected chi connectivity index (χ2v) is 9.56. The molecule has 42 heavy (non-hydrogen) atoms. The molecule has 234 valence electrons. The number of phenolic OH excluding ortho intramolecular Hbond substituents is 1. The fourth-order valence-electron chi connectivity index (χ4n) is 3.64. The topological polar surface area (TPSA) is 320 Å². The number of nitrogens with zero attached hydrogens (tertiary/aromatic N) is 2. The number of carbonyl (C=O) groups excluding carboxylic acids is 3. The molecular formula is C25H42N10O7. The van der Waals surface area contributed by atoms with Crippen LogP contribution >= 0.6 is 0 Å². The summed E-state index contributed by atoms with van der Waals surface area (Å²) in [7, 11) is 0. The summed E-state index contributed by atoms with van der Waals surface area (Å²) in [6.07, 6.45) is -0.749. The average molecular weight is 595 g/mol. The normalized spacial score (nSPS) is 14.3. The van der Waals surface area contributed by atoms with Crippen LogP contribution in [-0.4, -0.2) is 94.3 Å². The van der Waals surface area contributed by atoms with Gasteiger partial charge < -0.3 is 59.9 Å². The smallest absolute Gasteiger partial charge is 0.326 e. The lowest BCUT2D eigenvalue weighted by Crippen LogP contribution is -2.58. The predicted octanol–water partition coefficient (Wildman–Crippen LogP) is -3.71. The maximum absolute atomic E-state index is 13.3. The molecule has 0 heterocycles. The number of carboxylic acid groups (broad SMARTS) is 1. The molecule has 1 aromatic rings. The van der Waals surface area contributed by atoms with Crippen LogP contribution in [0.4, 0.5) is 0 Å². The molecule has 0 aromatic heterocycles. The summed E-state index contributed by atoms with van der Waals surface area (Å²) in [5, 5.41) is 36.3. The first kappa shape index (κ1) is 35.4. The van der Waals surface area contributed by atoms with Crippen molar-refractivity contribution in [2.75, 3.05) is 13.1 Å². The van der Waals surface area contributed by atoms with E-state index in [1.54, 1.807) is 0 Å². The van der Waals surface area contributed by atoms with E-state index in [9.17, 15) is 34.5 Å². The molecule has 0 fully saturated rings. The lowest BCUT2D eigenvalue weighted by molar-refractivity contribution is -0.142. The molecule has 17 nitrogen and oxygen atoms in total. The van der Waals surface area contributed by atoms with Crippen LogP contribution in [0.25, 0.3) is 0 Å². The molecule has 0 aliphatic rings. The zero-order valence-corrected chi connectivity index (χ0v) is 23.4. The molecular weight excluding hydrogens is 552 g/mol. The van der Waals surface area contributed by atoms with Gasteiger partial charge in [-0.1, -0.05) is 12.1 Å². The van der Waals surface area contributed by atoms with Crippen molar-refractivity contribution >= 4 is 35.6 Å². The zero-order valence-electron chi connectivity index (χ0n) is 23.4. The van der Waals surface area contributed by atoms with Crippen molar-refractivity contribution in [1.82, 2.24) is 16.0 Å². The summed E-state index contributed by atoms with van der Waals surface area (Å²) in [6.45, 7) is 1.58. The Kier molecular flexibility index (Phi) is 15.1. The molecule has 0 saturated heterocycles. The number of aliphatic imine (C=N–C) groups is 2. The Balaban J connectivity index is 3.14. The van der Waals surface area contributed by atoms with Crippen LogP contribution < -0.4 is 44.6 Å². The summed E-state index contributed by atoms with van der Waals surface area (Å²) < 4.78 is 0. The van der Waals surface area contributed by atoms with Crippen molar-refractivity contribution in [2.24, 2.45) is 38.7 Å². The molecule has 5 unspecified atom stereocenters. The third-order valence-electron chi connectivity index (χ3n) is 5.97. The largest absolute Gasteiger partial charge is 0.508 e. The molecule has 5 atom stereocenters. The van der Waals surface area contributed by atoms with Crippen LogP contribution in [0.1, 0.15) is 38.2 Å². The van der Waals surface area contributed by atoms with E-state index in [0.29, 0.717) is 5.56 Å². The fourth-order valence-corrected chi connectivity index (χ4v) is 3.64. The van der Waals surface area contributed by atoms with Crippen LogP contribution in [0.5, 0.6) is 5.75 Å². The number of benzene rings is 1. The van der Waals surface area contributed by atoms with Gasteiger partial charge in [-0.2, -0.15) is 0 Å². The lowest BCUT2D eigenvalue weighted by Gasteiger charge is -2.25. The van der Waals surface area contributed by atoms with E-state index in [4.69, 9.17) is 28.7 Å². The number of carboxylic acids is 1. The standard InChI is InChI=1S/C25H42N10O7/c1-13(36)19(26)22(40)34-17(5-3-11-32-25(29)30)20(38)33-16(4-2-10-31-24(27)28)21(39)35-18(23(41)42)12-14-6-8-15(37)9-7-14/h6-9,13,16-19,36-37H,2-5,10-12,26H2,1H3,(H,33,38)(H,34,40)(H,35,39)(H,41,42)(H4,27,28,31)(H4,29,30,32). The van der Waals surface area contributed by atoms with Gasteiger partial charge in [-0.3, -0.25) is 24.4 Å². The summed E-state index contributed by atoms with van der Waals surface area (Å²) in [5.41, 5.74) is 27.6. The van der Waals surface area contributed by atoms with Crippen LogP contribution in [0.3, 0.4) is 0 Å². The Bertz CT molecular complexity index is 1100. The Labute approximate surface area is 243 Å². The maximum Gasteiger partial charge on any atom is 0.326 e. The number of aliphatic carboxylic acids is 1. The molecule has 0 spiro atoms. The number of aliphatic hydroxyl groups excluding tert-OH is 1. The number of hydrogen-bond acceptors (Lipinski definition) is 9. The number of aliphatic hydroxyl groups is 1. The number of rotatable bonds is 18. The molecule has 0 saturated carbocycles. The Morgan fingerprint density at radius 3 is 1.62 bits per heavy atom. The van der Waals surface area contributed by atoms with Crippen molar-refractivity contribution in [2.45, 2.75) is 69.3 Å². The van der Waals surface area contributed by atoms with E-state index in [2.05, 4.69) is 25.9 Å². The minimum absolute atomic E-state index is 0.00689. The van der Waals surface area contributed by atoms with Crippen LogP contribution in [0.2, 0.25) is 0 Å². The van der Waals surface area contributed by atoms with Crippen molar-refractivity contribution in [3.8, 4) is 5.75 Å². The summed E-state index contributed by atoms with van der Waals surface area (Å²) >= 11 is 0. The fraction of sp³-hybridized carbons (Fsp3) is 0.520. The van der Waals surface area contributed by atoms with Gasteiger partial charge in [-0.25, -0.2) is 4.79 Å². The average Bonchev–Trinajstić information content (AvgIpc) is 2.91. The molecule has 0 bridgehead atoms. The number of nitrogens with one attached hydrogen (secondary N) is 3. The molecule has 0 radical (unpaired) electrons. The Morgan fingerprint density at radius 2 is 1.21 bits per heavy atom. The minimum Gasteiger partial charge on any atom is -0.508 e. The molecule has 0 aliphatic heterocycles. The first-order valence-corrected chi connectivity index (χ1v) is 13.2. The van der Waals surface area contributed by atoms with E-state index < -0.39 is 54.0 Å². The minimum atomic E-state index is -1.36. The number of phenols is 1. The first-order chi connectivity index (χ1) is 19.7. The van der Waals surface area contributed by atoms with E-state index in [0.717, 1.165) is 0 Å². The van der Waals surface area contributed by atoms with E-state index in [-0.39, 0.29) is 62.9 Å². The van der Waals surface area contributed by atoms with Crippen molar-refractivity contribution in [1.29, 1.82) is 0 Å². The third kappa shape index (κ3) is 13.6. The van der Waals surface area contributed by atoms with Gasteiger partial charge in [-0.05, 0) is 50.3 Å². The first-order valence-electron chi connectivity index (χ1n) is 13.2. The van der Waals surface area contributed by atoms with E-state index in [1.807, 2.05) is 0 Å². The molecule has 1 aromatic carbocycles. The zero-order chi connectivity index (χ0) is 31.8. The number of guanidine groups is 2. The number of nitrogens with two attached hydrogens (primary N) is 5. The molecule has 16 N–H and O–H groups in total. The van der Waals surface area contributed by atoms with Crippen molar-refractivity contribution < 1.29 is 34.5 Å². The molecule has 1 rings (SSSR count). The molecule has 3 amide bonds. The van der Waals surface area contributed by atoms with Crippen molar-refractivity contribution in [3.63, 3.8) is 0 Å². The van der Waals surface area contributed by atoms with Gasteiger partial charge in [0.15, 0.2) is 11.9 Å². The highest BCUT2D eigenvalue weighted by Crippen LogP contribution is 2.12. The second kappa shape index (κ2) is 17.9. The summed E-state index contributed by atoms with van der Waals surface area (Å²) in [4.78, 5) is 58.7. The van der Waals surface area contributed by atoms with Gasteiger partial charge in [0.2, 0.25) is 17.7 Å².